The van der Waals surface area contributed by atoms with Crippen molar-refractivity contribution in [3.8, 4) is 0 Å². The molecule has 0 saturated heterocycles. The quantitative estimate of drug-likeness (QED) is 0.772. The fourth-order valence-electron chi connectivity index (χ4n) is 1.59. The van der Waals surface area contributed by atoms with Crippen LogP contribution in [-0.2, 0) is 16.0 Å². The van der Waals surface area contributed by atoms with Crippen molar-refractivity contribution in [1.82, 2.24) is 9.38 Å². The molecule has 0 aromatic carbocycles. The molecule has 4 nitrogen and oxygen atoms in total. The molecule has 2 aromatic rings. The first-order chi connectivity index (χ1) is 7.85. The Bertz CT molecular complexity index is 548. The Kier molecular flexibility index (Phi) is 2.95. The lowest BCUT2D eigenvalue weighted by Crippen LogP contribution is -2.25. The summed E-state index contributed by atoms with van der Waals surface area (Å²) in [5.74, 6) is -0.205. The second-order valence-electron chi connectivity index (χ2n) is 5.03. The van der Waals surface area contributed by atoms with Crippen LogP contribution in [0.1, 0.15) is 32.2 Å². The van der Waals surface area contributed by atoms with E-state index in [1.54, 1.807) is 0 Å². The smallest absolute Gasteiger partial charge is 0.312 e. The summed E-state index contributed by atoms with van der Waals surface area (Å²) in [6.07, 6.45) is 2.22. The molecular weight excluding hydrogens is 236 g/mol. The molecule has 0 N–H and O–H groups in total. The van der Waals surface area contributed by atoms with Gasteiger partial charge in [0.1, 0.15) is 5.60 Å². The number of fused-ring (bicyclic) bond motifs is 1. The normalized spacial score (nSPS) is 12.0. The van der Waals surface area contributed by atoms with Crippen molar-refractivity contribution in [2.75, 3.05) is 0 Å². The van der Waals surface area contributed by atoms with Crippen molar-refractivity contribution in [1.29, 1.82) is 0 Å². The van der Waals surface area contributed by atoms with Gasteiger partial charge in [-0.25, -0.2) is 4.98 Å². The van der Waals surface area contributed by atoms with E-state index in [1.165, 1.54) is 11.3 Å². The molecule has 92 valence electrons. The standard InChI is InChI=1S/C12H16N2O2S/c1-8-6-14-9(7-17-11(14)13-8)5-10(15)16-12(2,3)4/h6-7H,5H2,1-4H3. The van der Waals surface area contributed by atoms with Crippen LogP contribution in [0.15, 0.2) is 11.6 Å². The van der Waals surface area contributed by atoms with Crippen molar-refractivity contribution in [3.05, 3.63) is 23.0 Å². The van der Waals surface area contributed by atoms with Gasteiger partial charge >= 0.3 is 5.97 Å². The number of hydrogen-bond acceptors (Lipinski definition) is 4. The second kappa shape index (κ2) is 4.14. The molecule has 0 aliphatic carbocycles. The third-order valence-electron chi connectivity index (χ3n) is 2.15. The van der Waals surface area contributed by atoms with E-state index < -0.39 is 5.60 Å². The molecule has 0 spiro atoms. The highest BCUT2D eigenvalue weighted by Crippen LogP contribution is 2.18. The van der Waals surface area contributed by atoms with E-state index in [-0.39, 0.29) is 12.4 Å². The number of aryl methyl sites for hydroxylation is 1. The van der Waals surface area contributed by atoms with Crippen LogP contribution in [0.4, 0.5) is 0 Å². The van der Waals surface area contributed by atoms with Gasteiger partial charge < -0.3 is 4.74 Å². The highest BCUT2D eigenvalue weighted by molar-refractivity contribution is 7.15. The van der Waals surface area contributed by atoms with Crippen LogP contribution in [0.5, 0.6) is 0 Å². The molecule has 5 heteroatoms. The fourth-order valence-corrected chi connectivity index (χ4v) is 2.51. The van der Waals surface area contributed by atoms with Gasteiger partial charge in [0.15, 0.2) is 4.96 Å². The molecule has 0 fully saturated rings. The average molecular weight is 252 g/mol. The van der Waals surface area contributed by atoms with Crippen molar-refractivity contribution in [2.24, 2.45) is 0 Å². The third-order valence-corrected chi connectivity index (χ3v) is 3.04. The Hall–Kier alpha value is -1.36. The number of imidazole rings is 1. The number of rotatable bonds is 2. The van der Waals surface area contributed by atoms with Crippen LogP contribution < -0.4 is 0 Å². The Morgan fingerprint density at radius 2 is 2.24 bits per heavy atom. The van der Waals surface area contributed by atoms with Crippen LogP contribution in [0.2, 0.25) is 0 Å². The number of aromatic nitrogens is 2. The highest BCUT2D eigenvalue weighted by Gasteiger charge is 2.18. The topological polar surface area (TPSA) is 43.6 Å². The molecule has 0 aliphatic heterocycles. The van der Waals surface area contributed by atoms with E-state index in [9.17, 15) is 4.79 Å². The van der Waals surface area contributed by atoms with Crippen molar-refractivity contribution >= 4 is 22.3 Å². The highest BCUT2D eigenvalue weighted by atomic mass is 32.1. The number of carbonyl (C=O) groups excluding carboxylic acids is 1. The Morgan fingerprint density at radius 3 is 2.88 bits per heavy atom. The second-order valence-corrected chi connectivity index (χ2v) is 5.86. The molecule has 0 aliphatic rings. The zero-order valence-corrected chi connectivity index (χ0v) is 11.3. The minimum atomic E-state index is -0.433. The largest absolute Gasteiger partial charge is 0.460 e. The molecule has 0 unspecified atom stereocenters. The van der Waals surface area contributed by atoms with E-state index in [1.807, 2.05) is 43.7 Å². The van der Waals surface area contributed by atoms with Crippen LogP contribution >= 0.6 is 11.3 Å². The van der Waals surface area contributed by atoms with Crippen LogP contribution in [-0.4, -0.2) is 21.0 Å². The van der Waals surface area contributed by atoms with Gasteiger partial charge in [0.2, 0.25) is 0 Å². The van der Waals surface area contributed by atoms with Gasteiger partial charge in [0.25, 0.3) is 0 Å². The Balaban J connectivity index is 2.15. The summed E-state index contributed by atoms with van der Waals surface area (Å²) in [4.78, 5) is 17.0. The van der Waals surface area contributed by atoms with Crippen molar-refractivity contribution < 1.29 is 9.53 Å². The van der Waals surface area contributed by atoms with Gasteiger partial charge in [-0.2, -0.15) is 0 Å². The average Bonchev–Trinajstić information content (AvgIpc) is 2.63. The summed E-state index contributed by atoms with van der Waals surface area (Å²) >= 11 is 1.54. The summed E-state index contributed by atoms with van der Waals surface area (Å²) in [6, 6.07) is 0. The molecule has 2 aromatic heterocycles. The number of carbonyl (C=O) groups is 1. The number of esters is 1. The minimum absolute atomic E-state index is 0.205. The van der Waals surface area contributed by atoms with Gasteiger partial charge in [0.05, 0.1) is 12.1 Å². The zero-order chi connectivity index (χ0) is 12.6. The molecule has 2 rings (SSSR count). The van der Waals surface area contributed by atoms with Gasteiger partial charge in [-0.15, -0.1) is 11.3 Å². The first-order valence-electron chi connectivity index (χ1n) is 5.49. The molecule has 0 radical (unpaired) electrons. The number of hydrogen-bond donors (Lipinski definition) is 0. The summed E-state index contributed by atoms with van der Waals surface area (Å²) in [5.41, 5.74) is 1.46. The monoisotopic (exact) mass is 252 g/mol. The fraction of sp³-hybridized carbons (Fsp3) is 0.500. The molecule has 0 bridgehead atoms. The first kappa shape index (κ1) is 12.1. The van der Waals surface area contributed by atoms with Gasteiger partial charge in [-0.1, -0.05) is 0 Å². The van der Waals surface area contributed by atoms with Crippen molar-refractivity contribution in [3.63, 3.8) is 0 Å². The van der Waals surface area contributed by atoms with Crippen LogP contribution in [0.25, 0.3) is 4.96 Å². The van der Waals surface area contributed by atoms with Crippen molar-refractivity contribution in [2.45, 2.75) is 39.7 Å². The maximum absolute atomic E-state index is 11.7. The summed E-state index contributed by atoms with van der Waals surface area (Å²) < 4.78 is 7.25. The lowest BCUT2D eigenvalue weighted by Gasteiger charge is -2.19. The predicted molar refractivity (Wildman–Crippen MR) is 67.4 cm³/mol. The van der Waals surface area contributed by atoms with Crippen LogP contribution in [0, 0.1) is 6.92 Å². The van der Waals surface area contributed by atoms with Gasteiger partial charge in [-0.3, -0.25) is 9.20 Å². The zero-order valence-electron chi connectivity index (χ0n) is 10.5. The molecule has 0 saturated carbocycles. The molecular formula is C12H16N2O2S. The van der Waals surface area contributed by atoms with E-state index >= 15 is 0 Å². The van der Waals surface area contributed by atoms with E-state index in [2.05, 4.69) is 4.98 Å². The Morgan fingerprint density at radius 1 is 1.53 bits per heavy atom. The summed E-state index contributed by atoms with van der Waals surface area (Å²) in [7, 11) is 0. The number of nitrogens with zero attached hydrogens (tertiary/aromatic N) is 2. The van der Waals surface area contributed by atoms with E-state index in [0.29, 0.717) is 0 Å². The van der Waals surface area contributed by atoms with Crippen LogP contribution in [0.3, 0.4) is 0 Å². The summed E-state index contributed by atoms with van der Waals surface area (Å²) in [5, 5.41) is 1.95. The van der Waals surface area contributed by atoms with E-state index in [4.69, 9.17) is 4.74 Å². The number of ether oxygens (including phenoxy) is 1. The van der Waals surface area contributed by atoms with Gasteiger partial charge in [-0.05, 0) is 27.7 Å². The maximum atomic E-state index is 11.7. The molecule has 0 amide bonds. The van der Waals surface area contributed by atoms with E-state index in [0.717, 1.165) is 16.3 Å². The third kappa shape index (κ3) is 2.85. The number of thiazole rings is 1. The summed E-state index contributed by atoms with van der Waals surface area (Å²) in [6.45, 7) is 7.55. The molecule has 17 heavy (non-hydrogen) atoms. The predicted octanol–water partition coefficient (Wildman–Crippen LogP) is 2.59. The minimum Gasteiger partial charge on any atom is -0.460 e. The molecule has 0 atom stereocenters. The lowest BCUT2D eigenvalue weighted by atomic mass is 10.2. The SMILES string of the molecule is Cc1cn2c(CC(=O)OC(C)(C)C)csc2n1. The molecule has 2 heterocycles. The first-order valence-corrected chi connectivity index (χ1v) is 6.37. The lowest BCUT2D eigenvalue weighted by molar-refractivity contribution is -0.154. The Labute approximate surface area is 104 Å². The maximum Gasteiger partial charge on any atom is 0.312 e. The van der Waals surface area contributed by atoms with Gasteiger partial charge in [0, 0.05) is 17.3 Å².